The molecular formula is C18H21F2NO4. The van der Waals surface area contributed by atoms with Gasteiger partial charge in [-0.2, -0.15) is 0 Å². The van der Waals surface area contributed by atoms with Crippen LogP contribution >= 0.6 is 0 Å². The summed E-state index contributed by atoms with van der Waals surface area (Å²) in [6, 6.07) is 2.64. The molecule has 1 fully saturated rings. The summed E-state index contributed by atoms with van der Waals surface area (Å²) in [5, 5.41) is 0. The SMILES string of the molecule is O=C(CCC(=O)c1ccc(F)cc1F)OCC(=O)N1CCCCCC1. The van der Waals surface area contributed by atoms with E-state index >= 15 is 0 Å². The zero-order valence-corrected chi connectivity index (χ0v) is 13.9. The second kappa shape index (κ2) is 9.25. The van der Waals surface area contributed by atoms with Gasteiger partial charge in [-0.15, -0.1) is 0 Å². The van der Waals surface area contributed by atoms with Crippen molar-refractivity contribution in [3.8, 4) is 0 Å². The molecule has 2 rings (SSSR count). The van der Waals surface area contributed by atoms with Gasteiger partial charge in [0.25, 0.3) is 5.91 Å². The highest BCUT2D eigenvalue weighted by Crippen LogP contribution is 2.13. The Morgan fingerprint density at radius 2 is 1.68 bits per heavy atom. The Bertz CT molecular complexity index is 640. The van der Waals surface area contributed by atoms with Gasteiger partial charge in [-0.3, -0.25) is 14.4 Å². The molecule has 136 valence electrons. The lowest BCUT2D eigenvalue weighted by Crippen LogP contribution is -2.35. The average molecular weight is 353 g/mol. The molecule has 1 heterocycles. The van der Waals surface area contributed by atoms with Crippen LogP contribution in [0.2, 0.25) is 0 Å². The molecule has 5 nitrogen and oxygen atoms in total. The Morgan fingerprint density at radius 1 is 1.00 bits per heavy atom. The van der Waals surface area contributed by atoms with Crippen molar-refractivity contribution in [2.75, 3.05) is 19.7 Å². The first-order valence-corrected chi connectivity index (χ1v) is 8.39. The molecule has 0 N–H and O–H groups in total. The van der Waals surface area contributed by atoms with Crippen LogP contribution in [-0.4, -0.2) is 42.3 Å². The summed E-state index contributed by atoms with van der Waals surface area (Å²) in [5.41, 5.74) is -0.269. The molecule has 0 aliphatic carbocycles. The normalized spacial score (nSPS) is 14.7. The number of hydrogen-bond donors (Lipinski definition) is 0. The summed E-state index contributed by atoms with van der Waals surface area (Å²) in [6.45, 7) is 0.982. The van der Waals surface area contributed by atoms with Crippen LogP contribution in [-0.2, 0) is 14.3 Å². The largest absolute Gasteiger partial charge is 0.456 e. The maximum Gasteiger partial charge on any atom is 0.306 e. The quantitative estimate of drug-likeness (QED) is 0.583. The maximum atomic E-state index is 13.5. The number of esters is 1. The Balaban J connectivity index is 1.74. The third-order valence-electron chi connectivity index (χ3n) is 4.10. The molecule has 25 heavy (non-hydrogen) atoms. The fraction of sp³-hybridized carbons (Fsp3) is 0.500. The van der Waals surface area contributed by atoms with Gasteiger partial charge >= 0.3 is 5.97 Å². The van der Waals surface area contributed by atoms with Crippen LogP contribution in [0.4, 0.5) is 8.78 Å². The van der Waals surface area contributed by atoms with Crippen molar-refractivity contribution in [1.29, 1.82) is 0 Å². The van der Waals surface area contributed by atoms with E-state index < -0.39 is 23.4 Å². The number of hydrogen-bond acceptors (Lipinski definition) is 4. The second-order valence-corrected chi connectivity index (χ2v) is 6.00. The molecule has 0 bridgehead atoms. The van der Waals surface area contributed by atoms with Crippen molar-refractivity contribution in [2.45, 2.75) is 38.5 Å². The standard InChI is InChI=1S/C18H21F2NO4/c19-13-5-6-14(15(20)11-13)16(22)7-8-18(24)25-12-17(23)21-9-3-1-2-4-10-21/h5-6,11H,1-4,7-10,12H2. The predicted octanol–water partition coefficient (Wildman–Crippen LogP) is 2.87. The van der Waals surface area contributed by atoms with E-state index in [-0.39, 0.29) is 30.9 Å². The van der Waals surface area contributed by atoms with Crippen LogP contribution in [0.25, 0.3) is 0 Å². The molecule has 1 aromatic rings. The Labute approximate surface area is 144 Å². The molecule has 1 amide bonds. The number of carbonyl (C=O) groups excluding carboxylic acids is 3. The van der Waals surface area contributed by atoms with Crippen molar-refractivity contribution in [2.24, 2.45) is 0 Å². The van der Waals surface area contributed by atoms with Crippen molar-refractivity contribution in [3.05, 3.63) is 35.4 Å². The van der Waals surface area contributed by atoms with E-state index in [0.717, 1.165) is 37.8 Å². The number of likely N-dealkylation sites (tertiary alicyclic amines) is 1. The van der Waals surface area contributed by atoms with Gasteiger partial charge in [-0.05, 0) is 25.0 Å². The summed E-state index contributed by atoms with van der Waals surface area (Å²) >= 11 is 0. The Hall–Kier alpha value is -2.31. The lowest BCUT2D eigenvalue weighted by Gasteiger charge is -2.19. The molecule has 1 saturated heterocycles. The van der Waals surface area contributed by atoms with Crippen LogP contribution in [0, 0.1) is 11.6 Å². The molecule has 1 aliphatic heterocycles. The van der Waals surface area contributed by atoms with Gasteiger partial charge < -0.3 is 9.64 Å². The van der Waals surface area contributed by atoms with Gasteiger partial charge in [0.1, 0.15) is 11.6 Å². The van der Waals surface area contributed by atoms with Gasteiger partial charge in [0.05, 0.1) is 12.0 Å². The number of nitrogens with zero attached hydrogens (tertiary/aromatic N) is 1. The third-order valence-corrected chi connectivity index (χ3v) is 4.10. The molecule has 0 unspecified atom stereocenters. The number of carbonyl (C=O) groups is 3. The fourth-order valence-corrected chi connectivity index (χ4v) is 2.69. The molecule has 1 aromatic carbocycles. The number of ketones is 1. The Kier molecular flexibility index (Phi) is 7.03. The number of benzene rings is 1. The minimum absolute atomic E-state index is 0.244. The number of rotatable bonds is 6. The minimum Gasteiger partial charge on any atom is -0.456 e. The number of halogens is 2. The van der Waals surface area contributed by atoms with Gasteiger partial charge in [0, 0.05) is 25.6 Å². The van der Waals surface area contributed by atoms with Crippen LogP contribution in [0.15, 0.2) is 18.2 Å². The molecule has 0 spiro atoms. The lowest BCUT2D eigenvalue weighted by atomic mass is 10.1. The first kappa shape index (κ1) is 19.0. The van der Waals surface area contributed by atoms with Crippen molar-refractivity contribution in [1.82, 2.24) is 4.90 Å². The summed E-state index contributed by atoms with van der Waals surface area (Å²) in [7, 11) is 0. The highest BCUT2D eigenvalue weighted by atomic mass is 19.1. The summed E-state index contributed by atoms with van der Waals surface area (Å²) in [6.07, 6.45) is 3.54. The third kappa shape index (κ3) is 5.92. The van der Waals surface area contributed by atoms with Crippen LogP contribution in [0.5, 0.6) is 0 Å². The average Bonchev–Trinajstić information content (AvgIpc) is 2.87. The van der Waals surface area contributed by atoms with Crippen molar-refractivity contribution < 1.29 is 27.9 Å². The summed E-state index contributed by atoms with van der Waals surface area (Å²) < 4.78 is 31.2. The lowest BCUT2D eigenvalue weighted by molar-refractivity contribution is -0.152. The highest BCUT2D eigenvalue weighted by Gasteiger charge is 2.18. The molecule has 0 saturated carbocycles. The van der Waals surface area contributed by atoms with E-state index in [1.165, 1.54) is 0 Å². The topological polar surface area (TPSA) is 63.7 Å². The smallest absolute Gasteiger partial charge is 0.306 e. The highest BCUT2D eigenvalue weighted by molar-refractivity contribution is 5.97. The first-order valence-electron chi connectivity index (χ1n) is 8.39. The van der Waals surface area contributed by atoms with Crippen molar-refractivity contribution >= 4 is 17.7 Å². The van der Waals surface area contributed by atoms with E-state index in [0.29, 0.717) is 19.2 Å². The molecule has 1 aliphatic rings. The molecule has 7 heteroatoms. The predicted molar refractivity (Wildman–Crippen MR) is 85.9 cm³/mol. The summed E-state index contributed by atoms with van der Waals surface area (Å²) in [4.78, 5) is 37.2. The van der Waals surface area contributed by atoms with E-state index in [9.17, 15) is 23.2 Å². The maximum absolute atomic E-state index is 13.5. The van der Waals surface area contributed by atoms with Crippen LogP contribution in [0.3, 0.4) is 0 Å². The number of Topliss-reactive ketones (excluding diaryl/α,β-unsaturated/α-hetero) is 1. The zero-order chi connectivity index (χ0) is 18.2. The van der Waals surface area contributed by atoms with E-state index in [4.69, 9.17) is 4.74 Å². The van der Waals surface area contributed by atoms with Gasteiger partial charge in [-0.1, -0.05) is 12.8 Å². The van der Waals surface area contributed by atoms with Crippen LogP contribution in [0.1, 0.15) is 48.9 Å². The second-order valence-electron chi connectivity index (χ2n) is 6.00. The fourth-order valence-electron chi connectivity index (χ4n) is 2.69. The minimum atomic E-state index is -0.963. The first-order chi connectivity index (χ1) is 12.0. The molecule has 0 atom stereocenters. The van der Waals surface area contributed by atoms with Gasteiger partial charge in [0.2, 0.25) is 0 Å². The number of amides is 1. The molecule has 0 radical (unpaired) electrons. The number of ether oxygens (including phenoxy) is 1. The van der Waals surface area contributed by atoms with E-state index in [1.807, 2.05) is 0 Å². The van der Waals surface area contributed by atoms with Crippen LogP contribution < -0.4 is 0 Å². The zero-order valence-electron chi connectivity index (χ0n) is 13.9. The van der Waals surface area contributed by atoms with E-state index in [2.05, 4.69) is 0 Å². The molecular weight excluding hydrogens is 332 g/mol. The monoisotopic (exact) mass is 353 g/mol. The molecule has 0 aromatic heterocycles. The van der Waals surface area contributed by atoms with Gasteiger partial charge in [0.15, 0.2) is 12.4 Å². The Morgan fingerprint density at radius 3 is 2.32 bits per heavy atom. The van der Waals surface area contributed by atoms with Gasteiger partial charge in [-0.25, -0.2) is 8.78 Å². The van der Waals surface area contributed by atoms with E-state index in [1.54, 1.807) is 4.90 Å². The van der Waals surface area contributed by atoms with Crippen molar-refractivity contribution in [3.63, 3.8) is 0 Å². The summed E-state index contributed by atoms with van der Waals surface area (Å²) in [5.74, 6) is -3.30.